The zero-order valence-corrected chi connectivity index (χ0v) is 19.4. The predicted molar refractivity (Wildman–Crippen MR) is 125 cm³/mol. The minimum absolute atomic E-state index is 0.0196. The number of hydrogen-bond donors (Lipinski definition) is 2. The molecule has 0 fully saturated rings. The molecule has 1 unspecified atom stereocenters. The molecule has 2 rings (SSSR count). The van der Waals surface area contributed by atoms with E-state index in [1.165, 1.54) is 6.08 Å². The number of halogens is 1. The number of nitrogens with one attached hydrogen (secondary N) is 2. The predicted octanol–water partition coefficient (Wildman–Crippen LogP) is 3.91. The van der Waals surface area contributed by atoms with Gasteiger partial charge in [0.25, 0.3) is 5.91 Å². The Balaban J connectivity index is 2.05. The van der Waals surface area contributed by atoms with Crippen molar-refractivity contribution in [3.63, 3.8) is 0 Å². The lowest BCUT2D eigenvalue weighted by Gasteiger charge is -2.18. The fraction of sp³-hybridized carbons (Fsp3) is 0.304. The Morgan fingerprint density at radius 2 is 1.94 bits per heavy atom. The van der Waals surface area contributed by atoms with E-state index in [0.717, 1.165) is 5.56 Å². The van der Waals surface area contributed by atoms with Gasteiger partial charge in [0.1, 0.15) is 16.2 Å². The molecule has 2 aromatic rings. The van der Waals surface area contributed by atoms with Crippen molar-refractivity contribution in [1.82, 2.24) is 15.2 Å². The van der Waals surface area contributed by atoms with Crippen LogP contribution in [0.15, 0.2) is 52.6 Å². The van der Waals surface area contributed by atoms with Crippen molar-refractivity contribution >= 4 is 39.5 Å². The molecule has 8 heteroatoms. The van der Waals surface area contributed by atoms with Crippen molar-refractivity contribution in [3.05, 3.63) is 63.9 Å². The van der Waals surface area contributed by atoms with Crippen molar-refractivity contribution in [1.29, 1.82) is 5.26 Å². The molecule has 1 aromatic carbocycles. The van der Waals surface area contributed by atoms with Gasteiger partial charge in [-0.15, -0.1) is 0 Å². The van der Waals surface area contributed by atoms with Crippen molar-refractivity contribution in [2.24, 2.45) is 0 Å². The van der Waals surface area contributed by atoms with Gasteiger partial charge in [-0.05, 0) is 72.4 Å². The summed E-state index contributed by atoms with van der Waals surface area (Å²) in [6, 6.07) is 14.3. The molecule has 0 radical (unpaired) electrons. The zero-order chi connectivity index (χ0) is 22.8. The Labute approximate surface area is 191 Å². The Morgan fingerprint density at radius 3 is 2.52 bits per heavy atom. The number of amides is 2. The highest BCUT2D eigenvalue weighted by Crippen LogP contribution is 2.20. The molecule has 1 atom stereocenters. The van der Waals surface area contributed by atoms with Crippen LogP contribution >= 0.6 is 15.9 Å². The third-order valence-electron chi connectivity index (χ3n) is 4.49. The summed E-state index contributed by atoms with van der Waals surface area (Å²) in [5.41, 5.74) is 2.09. The second-order valence-electron chi connectivity index (χ2n) is 7.21. The number of aromatic nitrogens is 1. The molecule has 0 aliphatic carbocycles. The monoisotopic (exact) mass is 483 g/mol. The van der Waals surface area contributed by atoms with Gasteiger partial charge in [0, 0.05) is 18.7 Å². The number of rotatable bonds is 9. The maximum Gasteiger partial charge on any atom is 0.262 e. The van der Waals surface area contributed by atoms with Crippen LogP contribution in [-0.4, -0.2) is 42.3 Å². The fourth-order valence-electron chi connectivity index (χ4n) is 2.81. The molecule has 0 saturated heterocycles. The summed E-state index contributed by atoms with van der Waals surface area (Å²) >= 11 is 3.28. The highest BCUT2D eigenvalue weighted by molar-refractivity contribution is 9.10. The molecule has 7 nitrogen and oxygen atoms in total. The Hall–Kier alpha value is -3.02. The number of nitriles is 1. The summed E-state index contributed by atoms with van der Waals surface area (Å²) in [6.07, 6.45) is 2.52. The van der Waals surface area contributed by atoms with Gasteiger partial charge in [-0.2, -0.15) is 5.26 Å². The number of pyridine rings is 1. The molecule has 0 spiro atoms. The van der Waals surface area contributed by atoms with E-state index in [2.05, 4.69) is 31.5 Å². The first kappa shape index (κ1) is 24.3. The second-order valence-corrected chi connectivity index (χ2v) is 8.03. The molecular weight excluding hydrogens is 458 g/mol. The number of anilines is 1. The number of benzene rings is 1. The number of carbonyl (C=O) groups excluding carboxylic acids is 2. The summed E-state index contributed by atoms with van der Waals surface area (Å²) in [6.45, 7) is 2.63. The third kappa shape index (κ3) is 7.96. The summed E-state index contributed by atoms with van der Waals surface area (Å²) in [5, 5.41) is 15.2. The first-order valence-electron chi connectivity index (χ1n) is 9.92. The average Bonchev–Trinajstić information content (AvgIpc) is 2.75. The van der Waals surface area contributed by atoms with Gasteiger partial charge >= 0.3 is 0 Å². The van der Waals surface area contributed by atoms with Crippen molar-refractivity contribution in [2.45, 2.75) is 25.8 Å². The van der Waals surface area contributed by atoms with Crippen LogP contribution in [0.4, 0.5) is 5.69 Å². The van der Waals surface area contributed by atoms with Crippen LogP contribution in [-0.2, 0) is 9.59 Å². The number of hydrogen-bond acceptors (Lipinski definition) is 5. The molecule has 0 bridgehead atoms. The zero-order valence-electron chi connectivity index (χ0n) is 17.9. The van der Waals surface area contributed by atoms with E-state index in [9.17, 15) is 14.9 Å². The maximum atomic E-state index is 12.6. The summed E-state index contributed by atoms with van der Waals surface area (Å²) in [5.74, 6) is -0.510. The van der Waals surface area contributed by atoms with Gasteiger partial charge < -0.3 is 15.5 Å². The SMILES string of the molecule is CCC(NC(=O)/C(C#N)=C/c1cccc(Br)n1)c1ccc(NC(=O)CCN(C)C)cc1. The Bertz CT molecular complexity index is 980. The molecule has 2 N–H and O–H groups in total. The largest absolute Gasteiger partial charge is 0.345 e. The molecule has 31 heavy (non-hydrogen) atoms. The highest BCUT2D eigenvalue weighted by Gasteiger charge is 2.16. The average molecular weight is 484 g/mol. The topological polar surface area (TPSA) is 98.1 Å². The van der Waals surface area contributed by atoms with E-state index in [1.807, 2.05) is 56.3 Å². The molecule has 0 aliphatic heterocycles. The van der Waals surface area contributed by atoms with Gasteiger partial charge in [0.05, 0.1) is 11.7 Å². The lowest BCUT2D eigenvalue weighted by molar-refractivity contribution is -0.118. The molecule has 1 aromatic heterocycles. The van der Waals surface area contributed by atoms with Crippen LogP contribution in [0.5, 0.6) is 0 Å². The van der Waals surface area contributed by atoms with Crippen LogP contribution in [0, 0.1) is 11.3 Å². The first-order valence-corrected chi connectivity index (χ1v) is 10.7. The highest BCUT2D eigenvalue weighted by atomic mass is 79.9. The molecule has 162 valence electrons. The Kier molecular flexibility index (Phi) is 9.38. The fourth-order valence-corrected chi connectivity index (χ4v) is 3.16. The summed E-state index contributed by atoms with van der Waals surface area (Å²) in [7, 11) is 3.84. The number of nitrogens with zero attached hydrogens (tertiary/aromatic N) is 3. The van der Waals surface area contributed by atoms with E-state index in [0.29, 0.717) is 35.4 Å². The van der Waals surface area contributed by atoms with Crippen molar-refractivity contribution in [3.8, 4) is 6.07 Å². The summed E-state index contributed by atoms with van der Waals surface area (Å²) in [4.78, 5) is 30.8. The van der Waals surface area contributed by atoms with E-state index >= 15 is 0 Å². The van der Waals surface area contributed by atoms with Gasteiger partial charge in [-0.3, -0.25) is 9.59 Å². The third-order valence-corrected chi connectivity index (χ3v) is 4.93. The second kappa shape index (κ2) is 12.0. The lowest BCUT2D eigenvalue weighted by atomic mass is 10.0. The van der Waals surface area contributed by atoms with Gasteiger partial charge in [-0.25, -0.2) is 4.98 Å². The molecular formula is C23H26BrN5O2. The van der Waals surface area contributed by atoms with E-state index in [-0.39, 0.29) is 17.5 Å². The van der Waals surface area contributed by atoms with Crippen molar-refractivity contribution in [2.75, 3.05) is 26.0 Å². The molecule has 1 heterocycles. The van der Waals surface area contributed by atoms with Crippen LogP contribution in [0.2, 0.25) is 0 Å². The minimum Gasteiger partial charge on any atom is -0.345 e. The van der Waals surface area contributed by atoms with Crippen LogP contribution in [0.25, 0.3) is 6.08 Å². The minimum atomic E-state index is -0.461. The van der Waals surface area contributed by atoms with Crippen molar-refractivity contribution < 1.29 is 9.59 Å². The summed E-state index contributed by atoms with van der Waals surface area (Å²) < 4.78 is 0.624. The molecule has 0 aliphatic rings. The number of carbonyl (C=O) groups is 2. The lowest BCUT2D eigenvalue weighted by Crippen LogP contribution is -2.29. The van der Waals surface area contributed by atoms with Crippen LogP contribution < -0.4 is 10.6 Å². The maximum absolute atomic E-state index is 12.6. The van der Waals surface area contributed by atoms with Crippen LogP contribution in [0.3, 0.4) is 0 Å². The van der Waals surface area contributed by atoms with Gasteiger partial charge in [0.15, 0.2) is 0 Å². The molecule has 0 saturated carbocycles. The van der Waals surface area contributed by atoms with Gasteiger partial charge in [-0.1, -0.05) is 25.1 Å². The smallest absolute Gasteiger partial charge is 0.262 e. The Morgan fingerprint density at radius 1 is 1.23 bits per heavy atom. The van der Waals surface area contributed by atoms with E-state index in [1.54, 1.807) is 18.2 Å². The quantitative estimate of drug-likeness (QED) is 0.320. The van der Waals surface area contributed by atoms with E-state index in [4.69, 9.17) is 0 Å². The van der Waals surface area contributed by atoms with E-state index < -0.39 is 5.91 Å². The standard InChI is InChI=1S/C23H26BrN5O2/c1-4-20(16-8-10-18(11-9-16)27-22(30)12-13-29(2)3)28-23(31)17(15-25)14-19-6-5-7-21(24)26-19/h5-11,14,20H,4,12-13H2,1-3H3,(H,27,30)(H,28,31)/b17-14+. The first-order chi connectivity index (χ1) is 14.8. The van der Waals surface area contributed by atoms with Crippen LogP contribution in [0.1, 0.15) is 37.1 Å². The normalized spacial score (nSPS) is 12.2. The molecule has 2 amide bonds. The van der Waals surface area contributed by atoms with Gasteiger partial charge in [0.2, 0.25) is 5.91 Å².